The van der Waals surface area contributed by atoms with E-state index in [9.17, 15) is 18.8 Å². The molecule has 3 heterocycles. The van der Waals surface area contributed by atoms with Crippen molar-refractivity contribution in [3.63, 3.8) is 0 Å². The molecule has 0 bridgehead atoms. The van der Waals surface area contributed by atoms with Gasteiger partial charge in [-0.3, -0.25) is 19.3 Å². The minimum absolute atomic E-state index is 0.285. The van der Waals surface area contributed by atoms with E-state index in [1.807, 2.05) is 4.90 Å². The molecule has 0 spiro atoms. The third-order valence-corrected chi connectivity index (χ3v) is 6.88. The number of rotatable bonds is 2. The van der Waals surface area contributed by atoms with Gasteiger partial charge >= 0.3 is 0 Å². The molecule has 0 saturated carbocycles. The molecule has 0 N–H and O–H groups in total. The summed E-state index contributed by atoms with van der Waals surface area (Å²) in [6.45, 7) is 5.42. The van der Waals surface area contributed by atoms with Gasteiger partial charge < -0.3 is 4.90 Å². The summed E-state index contributed by atoms with van der Waals surface area (Å²) in [4.78, 5) is 44.0. The third-order valence-electron chi connectivity index (χ3n) is 6.55. The lowest BCUT2D eigenvalue weighted by atomic mass is 9.86. The summed E-state index contributed by atoms with van der Waals surface area (Å²) >= 11 is 6.34. The van der Waals surface area contributed by atoms with E-state index in [0.29, 0.717) is 16.8 Å². The highest BCUT2D eigenvalue weighted by atomic mass is 35.5. The second-order valence-corrected chi connectivity index (χ2v) is 9.89. The second-order valence-electron chi connectivity index (χ2n) is 9.48. The topological polar surface area (TPSA) is 57.7 Å². The lowest BCUT2D eigenvalue weighted by Crippen LogP contribution is -2.52. The van der Waals surface area contributed by atoms with Crippen LogP contribution >= 0.6 is 11.6 Å². The molecule has 0 unspecified atom stereocenters. The summed E-state index contributed by atoms with van der Waals surface area (Å²) < 4.78 is 13.9. The average Bonchev–Trinajstić information content (AvgIpc) is 3.20. The van der Waals surface area contributed by atoms with Crippen molar-refractivity contribution in [2.45, 2.75) is 38.4 Å². The highest BCUT2D eigenvalue weighted by Crippen LogP contribution is 2.50. The normalized spacial score (nSPS) is 26.3. The van der Waals surface area contributed by atoms with Crippen LogP contribution in [0.5, 0.6) is 0 Å². The smallest absolute Gasteiger partial charge is 0.236 e. The van der Waals surface area contributed by atoms with Crippen molar-refractivity contribution in [3.05, 3.63) is 70.5 Å². The van der Waals surface area contributed by atoms with E-state index in [1.165, 1.54) is 17.0 Å². The number of imide groups is 1. The number of fused-ring (bicyclic) bond motifs is 5. The summed E-state index contributed by atoms with van der Waals surface area (Å²) in [5.41, 5.74) is 0.819. The van der Waals surface area contributed by atoms with E-state index in [0.717, 1.165) is 0 Å². The second kappa shape index (κ2) is 7.01. The van der Waals surface area contributed by atoms with Gasteiger partial charge in [-0.05, 0) is 51.1 Å². The van der Waals surface area contributed by atoms with Crippen LogP contribution in [0.15, 0.2) is 48.5 Å². The van der Waals surface area contributed by atoms with Gasteiger partial charge in [0.25, 0.3) is 0 Å². The lowest BCUT2D eigenvalue weighted by Gasteiger charge is -2.38. The van der Waals surface area contributed by atoms with Crippen molar-refractivity contribution in [2.75, 3.05) is 4.90 Å². The molecule has 3 aliphatic rings. The zero-order chi connectivity index (χ0) is 22.9. The van der Waals surface area contributed by atoms with Gasteiger partial charge in [0.1, 0.15) is 11.9 Å². The first kappa shape index (κ1) is 20.9. The Bertz CT molecular complexity index is 1200. The number of ketones is 1. The molecule has 2 aromatic carbocycles. The number of carbonyl (C=O) groups is 3. The quantitative estimate of drug-likeness (QED) is 0.502. The van der Waals surface area contributed by atoms with E-state index >= 15 is 0 Å². The largest absolute Gasteiger partial charge is 0.352 e. The predicted octanol–water partition coefficient (Wildman–Crippen LogP) is 4.35. The highest BCUT2D eigenvalue weighted by molar-refractivity contribution is 6.34. The van der Waals surface area contributed by atoms with Crippen molar-refractivity contribution in [3.8, 4) is 0 Å². The Balaban J connectivity index is 1.70. The number of nitrogens with zero attached hydrogens (tertiary/aromatic N) is 2. The number of benzene rings is 2. The monoisotopic (exact) mass is 452 g/mol. The fraction of sp³-hybridized carbons (Fsp3) is 0.320. The van der Waals surface area contributed by atoms with Gasteiger partial charge in [0, 0.05) is 22.4 Å². The van der Waals surface area contributed by atoms with Crippen molar-refractivity contribution < 1.29 is 18.8 Å². The Kier molecular flexibility index (Phi) is 4.57. The summed E-state index contributed by atoms with van der Waals surface area (Å²) in [6, 6.07) is 9.59. The highest BCUT2D eigenvalue weighted by Gasteiger charge is 2.65. The van der Waals surface area contributed by atoms with Crippen molar-refractivity contribution in [1.29, 1.82) is 0 Å². The number of Topliss-reactive ketones (excluding diaryl/α,β-unsaturated/α-hetero) is 1. The number of carbonyl (C=O) groups excluding carboxylic acids is 3. The maximum absolute atomic E-state index is 13.9. The molecule has 5 rings (SSSR count). The molecule has 0 aromatic heterocycles. The molecule has 5 nitrogen and oxygen atoms in total. The number of hydrogen-bond acceptors (Lipinski definition) is 4. The predicted molar refractivity (Wildman–Crippen MR) is 120 cm³/mol. The van der Waals surface area contributed by atoms with Crippen LogP contribution in [0.25, 0.3) is 6.08 Å². The zero-order valence-corrected chi connectivity index (χ0v) is 18.6. The van der Waals surface area contributed by atoms with Gasteiger partial charge in [-0.2, -0.15) is 0 Å². The minimum Gasteiger partial charge on any atom is -0.352 e. The number of amides is 2. The van der Waals surface area contributed by atoms with Gasteiger partial charge in [0.15, 0.2) is 5.78 Å². The Labute approximate surface area is 190 Å². The van der Waals surface area contributed by atoms with Crippen LogP contribution in [0.3, 0.4) is 0 Å². The average molecular weight is 453 g/mol. The van der Waals surface area contributed by atoms with Gasteiger partial charge in [-0.25, -0.2) is 4.39 Å². The lowest BCUT2D eigenvalue weighted by molar-refractivity contribution is -0.145. The molecule has 3 aliphatic heterocycles. The Hall–Kier alpha value is -2.99. The fourth-order valence-electron chi connectivity index (χ4n) is 5.33. The summed E-state index contributed by atoms with van der Waals surface area (Å²) in [5.74, 6) is -2.91. The first-order valence-electron chi connectivity index (χ1n) is 10.5. The van der Waals surface area contributed by atoms with Crippen LogP contribution in [0.1, 0.15) is 36.7 Å². The molecular formula is C25H22ClFN2O3. The molecule has 2 aromatic rings. The van der Waals surface area contributed by atoms with Gasteiger partial charge in [0.2, 0.25) is 11.8 Å². The Morgan fingerprint density at radius 2 is 1.72 bits per heavy atom. The molecule has 164 valence electrons. The number of hydrogen-bond donors (Lipinski definition) is 0. The summed E-state index contributed by atoms with van der Waals surface area (Å²) in [5, 5.41) is 0.286. The van der Waals surface area contributed by atoms with E-state index in [2.05, 4.69) is 0 Å². The van der Waals surface area contributed by atoms with Crippen LogP contribution in [0.4, 0.5) is 10.1 Å². The maximum atomic E-state index is 13.9. The van der Waals surface area contributed by atoms with Crippen LogP contribution in [-0.4, -0.2) is 40.1 Å². The standard InChI is InChI=1S/C25H22ClFN2O3/c1-25(2,3)29-23(31)19-18-10-8-13-12-14(27)9-11-17(13)28(18)21(20(19)24(29)32)22(30)15-6-4-5-7-16(15)26/h4-12,18-21H,1-3H3/t18-,19-,20-,21+/m0/s1. The fourth-order valence-corrected chi connectivity index (χ4v) is 5.55. The third kappa shape index (κ3) is 2.85. The molecule has 2 fully saturated rings. The summed E-state index contributed by atoms with van der Waals surface area (Å²) in [6.07, 6.45) is 3.56. The van der Waals surface area contributed by atoms with Gasteiger partial charge in [0.05, 0.1) is 22.9 Å². The van der Waals surface area contributed by atoms with Crippen LogP contribution in [0.2, 0.25) is 5.02 Å². The van der Waals surface area contributed by atoms with E-state index in [4.69, 9.17) is 11.6 Å². The minimum atomic E-state index is -0.928. The zero-order valence-electron chi connectivity index (χ0n) is 17.9. The molecule has 0 radical (unpaired) electrons. The molecule has 7 heteroatoms. The van der Waals surface area contributed by atoms with E-state index in [1.54, 1.807) is 63.3 Å². The van der Waals surface area contributed by atoms with Gasteiger partial charge in [-0.1, -0.05) is 35.9 Å². The number of halogens is 2. The number of anilines is 1. The SMILES string of the molecule is CC(C)(C)N1C(=O)[C@@H]2[C@H](C1=O)[C@H](C(=O)c1ccccc1Cl)N1c3ccc(F)cc3C=C[C@@H]21. The van der Waals surface area contributed by atoms with Crippen molar-refractivity contribution >= 4 is 41.0 Å². The molecule has 0 aliphatic carbocycles. The molecule has 4 atom stereocenters. The maximum Gasteiger partial charge on any atom is 0.236 e. The first-order valence-corrected chi connectivity index (χ1v) is 10.9. The van der Waals surface area contributed by atoms with Crippen LogP contribution in [-0.2, 0) is 9.59 Å². The van der Waals surface area contributed by atoms with Crippen LogP contribution < -0.4 is 4.90 Å². The number of likely N-dealkylation sites (tertiary alicyclic amines) is 1. The summed E-state index contributed by atoms with van der Waals surface area (Å²) in [7, 11) is 0. The molecular weight excluding hydrogens is 431 g/mol. The first-order chi connectivity index (χ1) is 15.1. The van der Waals surface area contributed by atoms with Gasteiger partial charge in [-0.15, -0.1) is 0 Å². The van der Waals surface area contributed by atoms with Crippen molar-refractivity contribution in [2.24, 2.45) is 11.8 Å². The molecule has 2 saturated heterocycles. The molecule has 2 amide bonds. The van der Waals surface area contributed by atoms with Crippen molar-refractivity contribution in [1.82, 2.24) is 4.90 Å². The Morgan fingerprint density at radius 1 is 1.03 bits per heavy atom. The van der Waals surface area contributed by atoms with E-state index < -0.39 is 35.3 Å². The Morgan fingerprint density at radius 3 is 2.41 bits per heavy atom. The van der Waals surface area contributed by atoms with Crippen LogP contribution in [0, 0.1) is 17.7 Å². The van der Waals surface area contributed by atoms with E-state index in [-0.39, 0.29) is 22.6 Å². The molecule has 32 heavy (non-hydrogen) atoms.